The van der Waals surface area contributed by atoms with Crippen molar-refractivity contribution in [3.8, 4) is 5.75 Å². The standard InChI is InChI=1S/C20H21N3O7/c1-3-4-11-30-20(26)14-7-5-6-8-15(14)21-18(24)19(25)22-16-12-13(23(27)28)9-10-17(16)29-2/h5-10,12H,3-4,11H2,1-2H3,(H,21,24)(H,22,25). The molecule has 0 aliphatic heterocycles. The van der Waals surface area contributed by atoms with Crippen LogP contribution in [0.3, 0.4) is 0 Å². The molecule has 0 heterocycles. The summed E-state index contributed by atoms with van der Waals surface area (Å²) < 4.78 is 10.2. The third-order valence-electron chi connectivity index (χ3n) is 3.97. The van der Waals surface area contributed by atoms with Crippen LogP contribution in [0, 0.1) is 10.1 Å². The number of nitrogens with zero attached hydrogens (tertiary/aromatic N) is 1. The first-order valence-electron chi connectivity index (χ1n) is 9.08. The van der Waals surface area contributed by atoms with Gasteiger partial charge < -0.3 is 20.1 Å². The van der Waals surface area contributed by atoms with E-state index in [2.05, 4.69) is 10.6 Å². The highest BCUT2D eigenvalue weighted by atomic mass is 16.6. The number of unbranched alkanes of at least 4 members (excludes halogenated alkanes) is 1. The van der Waals surface area contributed by atoms with Gasteiger partial charge in [0, 0.05) is 12.1 Å². The number of anilines is 2. The van der Waals surface area contributed by atoms with Gasteiger partial charge in [-0.15, -0.1) is 0 Å². The third kappa shape index (κ3) is 5.77. The van der Waals surface area contributed by atoms with Crippen molar-refractivity contribution in [1.29, 1.82) is 0 Å². The minimum Gasteiger partial charge on any atom is -0.495 e. The summed E-state index contributed by atoms with van der Waals surface area (Å²) in [5, 5.41) is 15.6. The summed E-state index contributed by atoms with van der Waals surface area (Å²) in [5.74, 6) is -2.65. The second-order valence-corrected chi connectivity index (χ2v) is 6.09. The highest BCUT2D eigenvalue weighted by Crippen LogP contribution is 2.29. The predicted molar refractivity (Wildman–Crippen MR) is 109 cm³/mol. The minimum absolute atomic E-state index is 0.0425. The summed E-state index contributed by atoms with van der Waals surface area (Å²) in [5.41, 5.74) is -0.126. The van der Waals surface area contributed by atoms with Crippen molar-refractivity contribution in [2.24, 2.45) is 0 Å². The Morgan fingerprint density at radius 1 is 1.03 bits per heavy atom. The Hall–Kier alpha value is -3.95. The van der Waals surface area contributed by atoms with Crippen LogP contribution in [-0.2, 0) is 14.3 Å². The van der Waals surface area contributed by atoms with E-state index in [-0.39, 0.29) is 35.0 Å². The number of nitro groups is 1. The molecule has 0 fully saturated rings. The van der Waals surface area contributed by atoms with Gasteiger partial charge in [0.05, 0.1) is 35.6 Å². The molecule has 2 rings (SSSR count). The highest BCUT2D eigenvalue weighted by molar-refractivity contribution is 6.44. The summed E-state index contributed by atoms with van der Waals surface area (Å²) in [6, 6.07) is 9.67. The molecule has 30 heavy (non-hydrogen) atoms. The van der Waals surface area contributed by atoms with Crippen LogP contribution in [0.4, 0.5) is 17.1 Å². The molecule has 0 bridgehead atoms. The van der Waals surface area contributed by atoms with Crippen molar-refractivity contribution >= 4 is 34.8 Å². The van der Waals surface area contributed by atoms with Gasteiger partial charge in [0.2, 0.25) is 0 Å². The largest absolute Gasteiger partial charge is 0.495 e. The van der Waals surface area contributed by atoms with Gasteiger partial charge in [-0.2, -0.15) is 0 Å². The van der Waals surface area contributed by atoms with Crippen LogP contribution in [0.2, 0.25) is 0 Å². The summed E-state index contributed by atoms with van der Waals surface area (Å²) in [6.07, 6.45) is 1.56. The SMILES string of the molecule is CCCCOC(=O)c1ccccc1NC(=O)C(=O)Nc1cc([N+](=O)[O-])ccc1OC. The van der Waals surface area contributed by atoms with Crippen LogP contribution < -0.4 is 15.4 Å². The fraction of sp³-hybridized carbons (Fsp3) is 0.250. The highest BCUT2D eigenvalue weighted by Gasteiger charge is 2.21. The van der Waals surface area contributed by atoms with E-state index in [1.165, 1.54) is 31.4 Å². The second-order valence-electron chi connectivity index (χ2n) is 6.09. The smallest absolute Gasteiger partial charge is 0.340 e. The number of hydrogen-bond acceptors (Lipinski definition) is 7. The maximum atomic E-state index is 12.3. The second kappa shape index (κ2) is 10.6. The third-order valence-corrected chi connectivity index (χ3v) is 3.97. The monoisotopic (exact) mass is 415 g/mol. The molecule has 0 saturated heterocycles. The van der Waals surface area contributed by atoms with Crippen LogP contribution in [0.25, 0.3) is 0 Å². The zero-order valence-corrected chi connectivity index (χ0v) is 16.5. The lowest BCUT2D eigenvalue weighted by atomic mass is 10.1. The average Bonchev–Trinajstić information content (AvgIpc) is 2.74. The average molecular weight is 415 g/mol. The van der Waals surface area contributed by atoms with Gasteiger partial charge in [-0.1, -0.05) is 25.5 Å². The zero-order chi connectivity index (χ0) is 22.1. The van der Waals surface area contributed by atoms with E-state index in [0.717, 1.165) is 12.5 Å². The summed E-state index contributed by atoms with van der Waals surface area (Å²) in [7, 11) is 1.32. The molecule has 0 aliphatic rings. The molecular formula is C20H21N3O7. The number of methoxy groups -OCH3 is 1. The number of non-ortho nitro benzene ring substituents is 1. The molecule has 0 unspecified atom stereocenters. The normalized spacial score (nSPS) is 10.1. The van der Waals surface area contributed by atoms with Crippen molar-refractivity contribution in [2.75, 3.05) is 24.4 Å². The van der Waals surface area contributed by atoms with E-state index in [0.29, 0.717) is 6.42 Å². The van der Waals surface area contributed by atoms with Crippen molar-refractivity contribution in [3.63, 3.8) is 0 Å². The van der Waals surface area contributed by atoms with E-state index in [1.54, 1.807) is 12.1 Å². The van der Waals surface area contributed by atoms with Crippen LogP contribution in [0.1, 0.15) is 30.1 Å². The maximum absolute atomic E-state index is 12.3. The molecule has 2 N–H and O–H groups in total. The first-order chi connectivity index (χ1) is 14.4. The molecule has 2 aromatic rings. The quantitative estimate of drug-likeness (QED) is 0.222. The van der Waals surface area contributed by atoms with Crippen molar-refractivity contribution in [2.45, 2.75) is 19.8 Å². The number of rotatable bonds is 8. The van der Waals surface area contributed by atoms with Crippen LogP contribution in [0.15, 0.2) is 42.5 Å². The molecule has 10 nitrogen and oxygen atoms in total. The van der Waals surface area contributed by atoms with Gasteiger partial charge in [0.25, 0.3) is 5.69 Å². The van der Waals surface area contributed by atoms with Crippen LogP contribution in [0.5, 0.6) is 5.75 Å². The number of carbonyl (C=O) groups is 3. The van der Waals surface area contributed by atoms with E-state index in [1.807, 2.05) is 6.92 Å². The Balaban J connectivity index is 2.14. The molecule has 10 heteroatoms. The molecule has 0 spiro atoms. The number of carbonyl (C=O) groups excluding carboxylic acids is 3. The molecule has 2 aromatic carbocycles. The van der Waals surface area contributed by atoms with Gasteiger partial charge in [0.15, 0.2) is 0 Å². The zero-order valence-electron chi connectivity index (χ0n) is 16.5. The predicted octanol–water partition coefficient (Wildman–Crippen LogP) is 3.14. The van der Waals surface area contributed by atoms with Gasteiger partial charge in [-0.05, 0) is 24.6 Å². The number of ether oxygens (including phenoxy) is 2. The van der Waals surface area contributed by atoms with Crippen molar-refractivity contribution in [3.05, 3.63) is 58.1 Å². The molecule has 158 valence electrons. The number of benzene rings is 2. The Kier molecular flexibility index (Phi) is 7.86. The molecule has 0 radical (unpaired) electrons. The lowest BCUT2D eigenvalue weighted by Crippen LogP contribution is -2.30. The topological polar surface area (TPSA) is 137 Å². The van der Waals surface area contributed by atoms with E-state index in [4.69, 9.17) is 9.47 Å². The number of para-hydroxylation sites is 1. The van der Waals surface area contributed by atoms with Crippen molar-refractivity contribution in [1.82, 2.24) is 0 Å². The molecule has 0 atom stereocenters. The first kappa shape index (κ1) is 22.3. The van der Waals surface area contributed by atoms with Gasteiger partial charge in [-0.3, -0.25) is 19.7 Å². The fourth-order valence-electron chi connectivity index (χ4n) is 2.42. The van der Waals surface area contributed by atoms with Gasteiger partial charge in [-0.25, -0.2) is 4.79 Å². The fourth-order valence-corrected chi connectivity index (χ4v) is 2.42. The molecule has 0 aliphatic carbocycles. The number of amides is 2. The van der Waals surface area contributed by atoms with Gasteiger partial charge in [0.1, 0.15) is 5.75 Å². The van der Waals surface area contributed by atoms with E-state index >= 15 is 0 Å². The van der Waals surface area contributed by atoms with Crippen LogP contribution in [-0.4, -0.2) is 36.4 Å². The first-order valence-corrected chi connectivity index (χ1v) is 9.08. The lowest BCUT2D eigenvalue weighted by Gasteiger charge is -2.12. The number of nitrogens with one attached hydrogen (secondary N) is 2. The minimum atomic E-state index is -1.09. The summed E-state index contributed by atoms with van der Waals surface area (Å²) in [6.45, 7) is 2.20. The lowest BCUT2D eigenvalue weighted by molar-refractivity contribution is -0.384. The van der Waals surface area contributed by atoms with Gasteiger partial charge >= 0.3 is 17.8 Å². The molecule has 2 amide bonds. The van der Waals surface area contributed by atoms with E-state index in [9.17, 15) is 24.5 Å². The summed E-state index contributed by atoms with van der Waals surface area (Å²) >= 11 is 0. The summed E-state index contributed by atoms with van der Waals surface area (Å²) in [4.78, 5) is 47.1. The number of hydrogen-bond donors (Lipinski definition) is 2. The number of nitro benzene ring substituents is 1. The number of esters is 1. The Morgan fingerprint density at radius 3 is 2.33 bits per heavy atom. The van der Waals surface area contributed by atoms with Crippen LogP contribution >= 0.6 is 0 Å². The van der Waals surface area contributed by atoms with E-state index < -0.39 is 22.7 Å². The Bertz CT molecular complexity index is 959. The molecule has 0 saturated carbocycles. The molecular weight excluding hydrogens is 394 g/mol. The Morgan fingerprint density at radius 2 is 1.70 bits per heavy atom. The maximum Gasteiger partial charge on any atom is 0.340 e. The van der Waals surface area contributed by atoms with Crippen molar-refractivity contribution < 1.29 is 28.8 Å². The Labute approximate surface area is 172 Å². The molecule has 0 aromatic heterocycles.